The van der Waals surface area contributed by atoms with Crippen LogP contribution in [0.3, 0.4) is 0 Å². The molecule has 0 N–H and O–H groups in total. The normalized spacial score (nSPS) is 12.6. The molecule has 0 atom stereocenters. The highest BCUT2D eigenvalue weighted by molar-refractivity contribution is 9.10. The standard InChI is InChI=1S/C31H32BrNO4S2/c1-31(2,3)27-15-17-29(18-16-27)39(36,37)33(22-24-7-5-9-28(32)19-24)21-23-11-13-25(14-12-23)26-8-6-10-30(20-26)38(4,34)35/h5-20H,21-22H2,1-4H3. The first kappa shape index (κ1) is 29.2. The van der Waals surface area contributed by atoms with Crippen molar-refractivity contribution < 1.29 is 16.8 Å². The van der Waals surface area contributed by atoms with Gasteiger partial charge >= 0.3 is 0 Å². The molecule has 0 spiro atoms. The van der Waals surface area contributed by atoms with Crippen LogP contribution in [0, 0.1) is 0 Å². The van der Waals surface area contributed by atoms with E-state index in [1.165, 1.54) is 10.6 Å². The second kappa shape index (κ2) is 11.4. The number of nitrogens with zero attached hydrogens (tertiary/aromatic N) is 1. The van der Waals surface area contributed by atoms with Crippen LogP contribution in [-0.4, -0.2) is 27.4 Å². The van der Waals surface area contributed by atoms with Gasteiger partial charge in [0, 0.05) is 23.8 Å². The first-order chi connectivity index (χ1) is 18.2. The molecule has 0 heterocycles. The van der Waals surface area contributed by atoms with Gasteiger partial charge in [0.25, 0.3) is 0 Å². The van der Waals surface area contributed by atoms with Gasteiger partial charge in [-0.05, 0) is 69.6 Å². The molecule has 5 nitrogen and oxygen atoms in total. The topological polar surface area (TPSA) is 71.5 Å². The number of sulfone groups is 1. The highest BCUT2D eigenvalue weighted by atomic mass is 79.9. The van der Waals surface area contributed by atoms with Crippen molar-refractivity contribution in [2.45, 2.75) is 49.1 Å². The van der Waals surface area contributed by atoms with E-state index < -0.39 is 19.9 Å². The van der Waals surface area contributed by atoms with Crippen molar-refractivity contribution in [3.63, 3.8) is 0 Å². The Bertz CT molecular complexity index is 1670. The van der Waals surface area contributed by atoms with Gasteiger partial charge in [-0.25, -0.2) is 16.8 Å². The third kappa shape index (κ3) is 7.25. The summed E-state index contributed by atoms with van der Waals surface area (Å²) >= 11 is 3.48. The van der Waals surface area contributed by atoms with Gasteiger partial charge < -0.3 is 0 Å². The van der Waals surface area contributed by atoms with Crippen LogP contribution < -0.4 is 0 Å². The number of rotatable bonds is 8. The largest absolute Gasteiger partial charge is 0.243 e. The quantitative estimate of drug-likeness (QED) is 0.207. The lowest BCUT2D eigenvalue weighted by molar-refractivity contribution is 0.401. The molecule has 0 aliphatic heterocycles. The van der Waals surface area contributed by atoms with E-state index in [2.05, 4.69) is 36.7 Å². The molecule has 4 rings (SSSR count). The summed E-state index contributed by atoms with van der Waals surface area (Å²) in [6.07, 6.45) is 1.19. The van der Waals surface area contributed by atoms with E-state index in [0.717, 1.165) is 32.3 Å². The third-order valence-electron chi connectivity index (χ3n) is 6.51. The Balaban J connectivity index is 1.66. The average Bonchev–Trinajstić information content (AvgIpc) is 2.88. The van der Waals surface area contributed by atoms with Crippen LogP contribution >= 0.6 is 15.9 Å². The zero-order valence-corrected chi connectivity index (χ0v) is 25.6. The van der Waals surface area contributed by atoms with Gasteiger partial charge in [0.2, 0.25) is 10.0 Å². The van der Waals surface area contributed by atoms with Gasteiger partial charge in [0.05, 0.1) is 9.79 Å². The van der Waals surface area contributed by atoms with Crippen LogP contribution in [0.2, 0.25) is 0 Å². The van der Waals surface area contributed by atoms with Gasteiger partial charge in [0.1, 0.15) is 0 Å². The van der Waals surface area contributed by atoms with Gasteiger partial charge in [-0.3, -0.25) is 0 Å². The molecule has 0 aromatic heterocycles. The predicted molar refractivity (Wildman–Crippen MR) is 161 cm³/mol. The summed E-state index contributed by atoms with van der Waals surface area (Å²) in [6, 6.07) is 29.1. The van der Waals surface area contributed by atoms with Crippen molar-refractivity contribution in [1.82, 2.24) is 4.31 Å². The number of halogens is 1. The van der Waals surface area contributed by atoms with Gasteiger partial charge in [-0.1, -0.05) is 97.4 Å². The summed E-state index contributed by atoms with van der Waals surface area (Å²) < 4.78 is 54.0. The Labute approximate surface area is 240 Å². The van der Waals surface area contributed by atoms with E-state index in [4.69, 9.17) is 0 Å². The van der Waals surface area contributed by atoms with Crippen LogP contribution in [0.1, 0.15) is 37.5 Å². The molecule has 0 saturated heterocycles. The number of hydrogen-bond acceptors (Lipinski definition) is 4. The maximum absolute atomic E-state index is 13.9. The zero-order valence-electron chi connectivity index (χ0n) is 22.4. The Hall–Kier alpha value is -2.78. The van der Waals surface area contributed by atoms with E-state index in [-0.39, 0.29) is 28.3 Å². The van der Waals surface area contributed by atoms with Gasteiger partial charge in [-0.2, -0.15) is 4.31 Å². The molecular weight excluding hydrogens is 594 g/mol. The summed E-state index contributed by atoms with van der Waals surface area (Å²) in [6.45, 7) is 6.67. The molecule has 4 aromatic rings. The van der Waals surface area contributed by atoms with Crippen LogP contribution in [0.4, 0.5) is 0 Å². The lowest BCUT2D eigenvalue weighted by Crippen LogP contribution is -2.30. The second-order valence-corrected chi connectivity index (χ2v) is 15.5. The minimum absolute atomic E-state index is 0.0825. The molecule has 0 amide bonds. The van der Waals surface area contributed by atoms with E-state index in [9.17, 15) is 16.8 Å². The van der Waals surface area contributed by atoms with Crippen molar-refractivity contribution in [2.24, 2.45) is 0 Å². The summed E-state index contributed by atoms with van der Waals surface area (Å²) in [5, 5.41) is 0. The zero-order chi connectivity index (χ0) is 28.4. The number of sulfonamides is 1. The highest BCUT2D eigenvalue weighted by Crippen LogP contribution is 2.28. The average molecular weight is 627 g/mol. The molecule has 4 aromatic carbocycles. The minimum atomic E-state index is -3.81. The molecule has 0 bridgehead atoms. The van der Waals surface area contributed by atoms with Crippen molar-refractivity contribution in [1.29, 1.82) is 0 Å². The van der Waals surface area contributed by atoms with E-state index >= 15 is 0 Å². The Morgan fingerprint density at radius 1 is 0.667 bits per heavy atom. The van der Waals surface area contributed by atoms with Crippen LogP contribution in [0.15, 0.2) is 111 Å². The maximum atomic E-state index is 13.9. The number of benzene rings is 4. The Morgan fingerprint density at radius 3 is 1.87 bits per heavy atom. The smallest absolute Gasteiger partial charge is 0.224 e. The second-order valence-electron chi connectivity index (χ2n) is 10.7. The monoisotopic (exact) mass is 625 g/mol. The van der Waals surface area contributed by atoms with Crippen molar-refractivity contribution >= 4 is 35.8 Å². The minimum Gasteiger partial charge on any atom is -0.224 e. The van der Waals surface area contributed by atoms with E-state index in [1.807, 2.05) is 66.7 Å². The maximum Gasteiger partial charge on any atom is 0.243 e. The van der Waals surface area contributed by atoms with Crippen LogP contribution in [-0.2, 0) is 38.4 Å². The van der Waals surface area contributed by atoms with Gasteiger partial charge in [0.15, 0.2) is 9.84 Å². The van der Waals surface area contributed by atoms with Crippen molar-refractivity contribution in [3.05, 3.63) is 118 Å². The van der Waals surface area contributed by atoms with Crippen LogP contribution in [0.25, 0.3) is 11.1 Å². The third-order valence-corrected chi connectivity index (χ3v) is 9.92. The lowest BCUT2D eigenvalue weighted by Gasteiger charge is -2.24. The molecule has 0 aliphatic carbocycles. The fourth-order valence-corrected chi connectivity index (χ4v) is 6.78. The Morgan fingerprint density at radius 2 is 1.28 bits per heavy atom. The molecule has 0 radical (unpaired) electrons. The summed E-state index contributed by atoms with van der Waals surface area (Å²) in [4.78, 5) is 0.507. The SMILES string of the molecule is CC(C)(C)c1ccc(S(=O)(=O)N(Cc2ccc(-c3cccc(S(C)(=O)=O)c3)cc2)Cc2cccc(Br)c2)cc1. The Kier molecular flexibility index (Phi) is 8.52. The lowest BCUT2D eigenvalue weighted by atomic mass is 9.87. The molecule has 0 fully saturated rings. The molecule has 0 aliphatic rings. The first-order valence-electron chi connectivity index (χ1n) is 12.5. The molecule has 204 valence electrons. The van der Waals surface area contributed by atoms with E-state index in [1.54, 1.807) is 30.3 Å². The summed E-state index contributed by atoms with van der Waals surface area (Å²) in [5.41, 5.74) is 4.30. The van der Waals surface area contributed by atoms with Crippen molar-refractivity contribution in [2.75, 3.05) is 6.26 Å². The molecule has 0 saturated carbocycles. The van der Waals surface area contributed by atoms with Gasteiger partial charge in [-0.15, -0.1) is 0 Å². The molecular formula is C31H32BrNO4S2. The molecule has 0 unspecified atom stereocenters. The fourth-order valence-electron chi connectivity index (χ4n) is 4.25. The highest BCUT2D eigenvalue weighted by Gasteiger charge is 2.26. The molecule has 8 heteroatoms. The van der Waals surface area contributed by atoms with E-state index in [0.29, 0.717) is 0 Å². The summed E-state index contributed by atoms with van der Waals surface area (Å²) in [5.74, 6) is 0. The molecule has 39 heavy (non-hydrogen) atoms. The fraction of sp³-hybridized carbons (Fsp3) is 0.226. The first-order valence-corrected chi connectivity index (χ1v) is 16.6. The number of hydrogen-bond donors (Lipinski definition) is 0. The predicted octanol–water partition coefficient (Wildman–Crippen LogP) is 7.21. The van der Waals surface area contributed by atoms with Crippen LogP contribution in [0.5, 0.6) is 0 Å². The summed E-state index contributed by atoms with van der Waals surface area (Å²) in [7, 11) is -7.13. The van der Waals surface area contributed by atoms with Crippen molar-refractivity contribution in [3.8, 4) is 11.1 Å².